The Morgan fingerprint density at radius 2 is 1.77 bits per heavy atom. The number of benzene rings is 2. The molecule has 0 atom stereocenters. The Kier molecular flexibility index (Phi) is 5.76. The van der Waals surface area contributed by atoms with Crippen molar-refractivity contribution < 1.29 is 18.0 Å². The van der Waals surface area contributed by atoms with E-state index in [0.717, 1.165) is 5.56 Å². The molecule has 1 aliphatic rings. The maximum atomic E-state index is 13.4. The summed E-state index contributed by atoms with van der Waals surface area (Å²) in [5, 5.41) is 9.43. The highest BCUT2D eigenvalue weighted by molar-refractivity contribution is 5.94. The molecule has 1 saturated heterocycles. The van der Waals surface area contributed by atoms with Gasteiger partial charge in [-0.05, 0) is 42.0 Å². The highest BCUT2D eigenvalue weighted by Gasteiger charge is 2.26. The number of hydrogen-bond acceptors (Lipinski definition) is 5. The lowest BCUT2D eigenvalue weighted by molar-refractivity contribution is 0.0745. The summed E-state index contributed by atoms with van der Waals surface area (Å²) in [5.41, 5.74) is 1.23. The molecule has 0 radical (unpaired) electrons. The number of carbonyl (C=O) groups excluding carboxylic acids is 1. The lowest BCUT2D eigenvalue weighted by atomic mass is 10.1. The van der Waals surface area contributed by atoms with Gasteiger partial charge in [0.15, 0.2) is 0 Å². The van der Waals surface area contributed by atoms with E-state index in [0.29, 0.717) is 37.6 Å². The van der Waals surface area contributed by atoms with Crippen molar-refractivity contribution in [3.05, 3.63) is 82.9 Å². The molecule has 0 aliphatic carbocycles. The Balaban J connectivity index is 1.44. The van der Waals surface area contributed by atoms with Crippen molar-refractivity contribution in [3.63, 3.8) is 0 Å². The molecule has 0 spiro atoms. The van der Waals surface area contributed by atoms with Gasteiger partial charge in [0.05, 0.1) is 0 Å². The summed E-state index contributed by atoms with van der Waals surface area (Å²) in [4.78, 5) is 20.3. The molecule has 31 heavy (non-hydrogen) atoms. The zero-order valence-electron chi connectivity index (χ0n) is 16.5. The number of anilines is 1. The van der Waals surface area contributed by atoms with Crippen LogP contribution in [-0.4, -0.2) is 42.0 Å². The molecule has 6 nitrogen and oxygen atoms in total. The topological polar surface area (TPSA) is 73.4 Å². The number of oxazole rings is 1. The molecule has 8 heteroatoms. The number of nitrogens with zero attached hydrogens (tertiary/aromatic N) is 4. The van der Waals surface area contributed by atoms with E-state index in [1.807, 2.05) is 11.0 Å². The second-order valence-corrected chi connectivity index (χ2v) is 6.99. The van der Waals surface area contributed by atoms with E-state index in [1.165, 1.54) is 30.3 Å². The summed E-state index contributed by atoms with van der Waals surface area (Å²) in [6.07, 6.45) is 3.33. The van der Waals surface area contributed by atoms with E-state index < -0.39 is 5.82 Å². The van der Waals surface area contributed by atoms with Gasteiger partial charge in [0, 0.05) is 37.8 Å². The molecular weight excluding hydrogens is 402 g/mol. The Hall–Kier alpha value is -3.99. The number of hydrogen-bond donors (Lipinski definition) is 0. The highest BCUT2D eigenvalue weighted by atomic mass is 19.1. The molecule has 156 valence electrons. The number of amides is 1. The second-order valence-electron chi connectivity index (χ2n) is 6.99. The summed E-state index contributed by atoms with van der Waals surface area (Å²) < 4.78 is 32.2. The molecule has 0 saturated carbocycles. The van der Waals surface area contributed by atoms with Gasteiger partial charge in [-0.25, -0.2) is 8.78 Å². The van der Waals surface area contributed by atoms with Crippen LogP contribution in [0.4, 0.5) is 14.7 Å². The van der Waals surface area contributed by atoms with Crippen molar-refractivity contribution in [2.24, 2.45) is 0 Å². The molecular formula is C23H18F2N4O2. The lowest BCUT2D eigenvalue weighted by Gasteiger charge is -2.34. The molecule has 2 aromatic carbocycles. The zero-order chi connectivity index (χ0) is 21.8. The van der Waals surface area contributed by atoms with Crippen LogP contribution in [0.25, 0.3) is 12.2 Å². The summed E-state index contributed by atoms with van der Waals surface area (Å²) in [6.45, 7) is 1.71. The Labute approximate surface area is 177 Å². The predicted octanol–water partition coefficient (Wildman–Crippen LogP) is 3.96. The lowest BCUT2D eigenvalue weighted by Crippen LogP contribution is -2.48. The SMILES string of the molecule is N#Cc1nc(C=Cc2ccc(F)cc2)oc1N1CCN(C(=O)c2cccc(F)c2)CC1. The summed E-state index contributed by atoms with van der Waals surface area (Å²) in [5.74, 6) is -0.406. The molecule has 0 unspecified atom stereocenters. The smallest absolute Gasteiger partial charge is 0.254 e. The van der Waals surface area contributed by atoms with Crippen LogP contribution in [-0.2, 0) is 0 Å². The number of aromatic nitrogens is 1. The molecule has 1 aliphatic heterocycles. The monoisotopic (exact) mass is 420 g/mol. The maximum Gasteiger partial charge on any atom is 0.254 e. The maximum absolute atomic E-state index is 13.4. The second kappa shape index (κ2) is 8.79. The first-order chi connectivity index (χ1) is 15.0. The molecule has 0 bridgehead atoms. The van der Waals surface area contributed by atoms with Crippen LogP contribution in [0.2, 0.25) is 0 Å². The van der Waals surface area contributed by atoms with Crippen molar-refractivity contribution >= 4 is 23.9 Å². The van der Waals surface area contributed by atoms with Crippen molar-refractivity contribution in [2.45, 2.75) is 0 Å². The van der Waals surface area contributed by atoms with E-state index in [4.69, 9.17) is 4.42 Å². The van der Waals surface area contributed by atoms with Crippen LogP contribution in [0.3, 0.4) is 0 Å². The van der Waals surface area contributed by atoms with Crippen LogP contribution in [0.15, 0.2) is 52.9 Å². The first-order valence-electron chi connectivity index (χ1n) is 9.68. The molecule has 0 N–H and O–H groups in total. The third-order valence-corrected chi connectivity index (χ3v) is 4.95. The fourth-order valence-electron chi connectivity index (χ4n) is 3.34. The van der Waals surface area contributed by atoms with Crippen molar-refractivity contribution in [3.8, 4) is 6.07 Å². The largest absolute Gasteiger partial charge is 0.420 e. The number of rotatable bonds is 4. The zero-order valence-corrected chi connectivity index (χ0v) is 16.5. The van der Waals surface area contributed by atoms with Crippen LogP contribution in [0, 0.1) is 23.0 Å². The van der Waals surface area contributed by atoms with Gasteiger partial charge >= 0.3 is 0 Å². The van der Waals surface area contributed by atoms with Crippen LogP contribution < -0.4 is 4.90 Å². The predicted molar refractivity (Wildman–Crippen MR) is 111 cm³/mol. The molecule has 3 aromatic rings. The highest BCUT2D eigenvalue weighted by Crippen LogP contribution is 2.24. The average Bonchev–Trinajstić information content (AvgIpc) is 3.22. The minimum absolute atomic E-state index is 0.156. The Morgan fingerprint density at radius 1 is 1.03 bits per heavy atom. The molecule has 1 aromatic heterocycles. The van der Waals surface area contributed by atoms with Gasteiger partial charge in [0.25, 0.3) is 5.91 Å². The van der Waals surface area contributed by atoms with Gasteiger partial charge in [-0.1, -0.05) is 18.2 Å². The van der Waals surface area contributed by atoms with Gasteiger partial charge in [-0.15, -0.1) is 0 Å². The van der Waals surface area contributed by atoms with E-state index >= 15 is 0 Å². The minimum Gasteiger partial charge on any atom is -0.420 e. The summed E-state index contributed by atoms with van der Waals surface area (Å²) in [7, 11) is 0. The van der Waals surface area contributed by atoms with E-state index in [1.54, 1.807) is 35.3 Å². The van der Waals surface area contributed by atoms with Crippen LogP contribution >= 0.6 is 0 Å². The van der Waals surface area contributed by atoms with Crippen LogP contribution in [0.5, 0.6) is 0 Å². The minimum atomic E-state index is -0.453. The van der Waals surface area contributed by atoms with Gasteiger partial charge in [-0.2, -0.15) is 10.2 Å². The normalized spacial score (nSPS) is 14.1. The number of nitriles is 1. The molecule has 4 rings (SSSR count). The Bertz CT molecular complexity index is 1160. The Morgan fingerprint density at radius 3 is 2.45 bits per heavy atom. The molecule has 1 amide bonds. The first kappa shape index (κ1) is 20.3. The van der Waals surface area contributed by atoms with Crippen molar-refractivity contribution in [1.82, 2.24) is 9.88 Å². The van der Waals surface area contributed by atoms with Gasteiger partial charge in [0.2, 0.25) is 17.5 Å². The first-order valence-corrected chi connectivity index (χ1v) is 9.68. The van der Waals surface area contributed by atoms with Crippen molar-refractivity contribution in [1.29, 1.82) is 5.26 Å². The van der Waals surface area contributed by atoms with Gasteiger partial charge in [0.1, 0.15) is 17.7 Å². The third kappa shape index (κ3) is 4.61. The van der Waals surface area contributed by atoms with Crippen LogP contribution in [0.1, 0.15) is 27.5 Å². The van der Waals surface area contributed by atoms with E-state index in [9.17, 15) is 18.8 Å². The van der Waals surface area contributed by atoms with E-state index in [2.05, 4.69) is 4.98 Å². The van der Waals surface area contributed by atoms with Crippen molar-refractivity contribution in [2.75, 3.05) is 31.1 Å². The quantitative estimate of drug-likeness (QED) is 0.639. The molecule has 2 heterocycles. The number of halogens is 2. The summed E-state index contributed by atoms with van der Waals surface area (Å²) in [6, 6.07) is 13.6. The summed E-state index contributed by atoms with van der Waals surface area (Å²) >= 11 is 0. The number of piperazine rings is 1. The average molecular weight is 420 g/mol. The number of carbonyl (C=O) groups is 1. The fourth-order valence-corrected chi connectivity index (χ4v) is 3.34. The van der Waals surface area contributed by atoms with Gasteiger partial charge < -0.3 is 14.2 Å². The fraction of sp³-hybridized carbons (Fsp3) is 0.174. The molecule has 1 fully saturated rings. The van der Waals surface area contributed by atoms with E-state index in [-0.39, 0.29) is 23.3 Å². The standard InChI is InChI=1S/C23H18F2N4O2/c24-18-7-4-16(5-8-18)6-9-21-27-20(15-26)23(31-21)29-12-10-28(11-13-29)22(30)17-2-1-3-19(25)14-17/h1-9,14H,10-13H2. The van der Waals surface area contributed by atoms with Gasteiger partial charge in [-0.3, -0.25) is 4.79 Å². The third-order valence-electron chi connectivity index (χ3n) is 4.95.